The number of aryl methyl sites for hydroxylation is 1. The van der Waals surface area contributed by atoms with Crippen LogP contribution in [0, 0.1) is 18.3 Å². The summed E-state index contributed by atoms with van der Waals surface area (Å²) in [6, 6.07) is 11.4. The Morgan fingerprint density at radius 2 is 2.22 bits per heavy atom. The van der Waals surface area contributed by atoms with E-state index in [0.29, 0.717) is 17.3 Å². The van der Waals surface area contributed by atoms with Crippen LogP contribution >= 0.6 is 11.6 Å². The Balaban J connectivity index is 2.14. The average Bonchev–Trinajstić information content (AvgIpc) is 2.38. The predicted octanol–water partition coefficient (Wildman–Crippen LogP) is 3.53. The molecule has 0 aliphatic rings. The second kappa shape index (κ2) is 5.52. The number of benzene rings is 1. The van der Waals surface area contributed by atoms with Gasteiger partial charge < -0.3 is 5.32 Å². The standard InChI is InChI=1S/C14H12ClN3/c1-10-3-2-4-13(15)14(10)18-9-11-5-6-17-12(7-11)8-16/h2-7,18H,9H2,1H3. The highest BCUT2D eigenvalue weighted by Gasteiger charge is 2.03. The van der Waals surface area contributed by atoms with Crippen LogP contribution in [-0.4, -0.2) is 4.98 Å². The molecule has 0 bridgehead atoms. The molecule has 2 rings (SSSR count). The van der Waals surface area contributed by atoms with E-state index in [1.54, 1.807) is 12.3 Å². The van der Waals surface area contributed by atoms with Gasteiger partial charge in [0.05, 0.1) is 10.7 Å². The molecule has 0 saturated carbocycles. The molecular weight excluding hydrogens is 246 g/mol. The van der Waals surface area contributed by atoms with Gasteiger partial charge in [0.25, 0.3) is 0 Å². The van der Waals surface area contributed by atoms with E-state index in [2.05, 4.69) is 10.3 Å². The third-order valence-electron chi connectivity index (χ3n) is 2.63. The number of nitrogens with zero attached hydrogens (tertiary/aromatic N) is 2. The monoisotopic (exact) mass is 257 g/mol. The Hall–Kier alpha value is -2.05. The fourth-order valence-electron chi connectivity index (χ4n) is 1.69. The SMILES string of the molecule is Cc1cccc(Cl)c1NCc1ccnc(C#N)c1. The highest BCUT2D eigenvalue weighted by Crippen LogP contribution is 2.25. The third kappa shape index (κ3) is 2.79. The number of hydrogen-bond acceptors (Lipinski definition) is 3. The largest absolute Gasteiger partial charge is 0.380 e. The summed E-state index contributed by atoms with van der Waals surface area (Å²) in [5, 5.41) is 12.8. The van der Waals surface area contributed by atoms with E-state index in [4.69, 9.17) is 16.9 Å². The van der Waals surface area contributed by atoms with Gasteiger partial charge in [-0.15, -0.1) is 0 Å². The van der Waals surface area contributed by atoms with Gasteiger partial charge in [-0.2, -0.15) is 5.26 Å². The number of rotatable bonds is 3. The van der Waals surface area contributed by atoms with Crippen molar-refractivity contribution >= 4 is 17.3 Å². The molecule has 0 amide bonds. The van der Waals surface area contributed by atoms with Crippen LogP contribution in [0.25, 0.3) is 0 Å². The molecule has 0 aliphatic carbocycles. The van der Waals surface area contributed by atoms with E-state index >= 15 is 0 Å². The van der Waals surface area contributed by atoms with Gasteiger partial charge in [-0.1, -0.05) is 23.7 Å². The summed E-state index contributed by atoms with van der Waals surface area (Å²) in [6.45, 7) is 2.61. The van der Waals surface area contributed by atoms with Gasteiger partial charge in [-0.3, -0.25) is 0 Å². The number of hydrogen-bond donors (Lipinski definition) is 1. The van der Waals surface area contributed by atoms with Crippen molar-refractivity contribution in [2.45, 2.75) is 13.5 Å². The van der Waals surface area contributed by atoms with Crippen LogP contribution in [0.4, 0.5) is 5.69 Å². The maximum absolute atomic E-state index is 8.78. The fourth-order valence-corrected chi connectivity index (χ4v) is 1.98. The summed E-state index contributed by atoms with van der Waals surface area (Å²) < 4.78 is 0. The van der Waals surface area contributed by atoms with Gasteiger partial charge >= 0.3 is 0 Å². The van der Waals surface area contributed by atoms with Crippen molar-refractivity contribution in [1.82, 2.24) is 4.98 Å². The first-order chi connectivity index (χ1) is 8.70. The zero-order valence-electron chi connectivity index (χ0n) is 9.94. The molecule has 1 N–H and O–H groups in total. The van der Waals surface area contributed by atoms with Gasteiger partial charge in [0.2, 0.25) is 0 Å². The molecule has 3 nitrogen and oxygen atoms in total. The van der Waals surface area contributed by atoms with Crippen LogP contribution in [0.15, 0.2) is 36.5 Å². The first-order valence-corrected chi connectivity index (χ1v) is 5.92. The summed E-state index contributed by atoms with van der Waals surface area (Å²) in [7, 11) is 0. The highest BCUT2D eigenvalue weighted by atomic mass is 35.5. The van der Waals surface area contributed by atoms with Gasteiger partial charge in [-0.25, -0.2) is 4.98 Å². The minimum atomic E-state index is 0.421. The quantitative estimate of drug-likeness (QED) is 0.915. The number of anilines is 1. The van der Waals surface area contributed by atoms with Crippen LogP contribution < -0.4 is 5.32 Å². The molecule has 18 heavy (non-hydrogen) atoms. The molecule has 0 radical (unpaired) electrons. The van der Waals surface area contributed by atoms with Crippen LogP contribution in [-0.2, 0) is 6.54 Å². The Labute approximate surface area is 111 Å². The van der Waals surface area contributed by atoms with Crippen LogP contribution in [0.2, 0.25) is 5.02 Å². The summed E-state index contributed by atoms with van der Waals surface area (Å²) >= 11 is 6.13. The number of pyridine rings is 1. The molecule has 4 heteroatoms. The number of aromatic nitrogens is 1. The molecule has 2 aromatic rings. The second-order valence-corrected chi connectivity index (χ2v) is 4.35. The minimum absolute atomic E-state index is 0.421. The molecular formula is C14H12ClN3. The van der Waals surface area contributed by atoms with Crippen LogP contribution in [0.1, 0.15) is 16.8 Å². The minimum Gasteiger partial charge on any atom is -0.380 e. The van der Waals surface area contributed by atoms with Crippen LogP contribution in [0.3, 0.4) is 0 Å². The zero-order valence-corrected chi connectivity index (χ0v) is 10.7. The molecule has 0 saturated heterocycles. The third-order valence-corrected chi connectivity index (χ3v) is 2.95. The van der Waals surface area contributed by atoms with Crippen molar-refractivity contribution in [1.29, 1.82) is 5.26 Å². The molecule has 1 aromatic carbocycles. The second-order valence-electron chi connectivity index (χ2n) is 3.95. The predicted molar refractivity (Wildman–Crippen MR) is 72.5 cm³/mol. The molecule has 1 heterocycles. The van der Waals surface area contributed by atoms with Gasteiger partial charge in [0.15, 0.2) is 0 Å². The first-order valence-electron chi connectivity index (χ1n) is 5.54. The first kappa shape index (κ1) is 12.4. The molecule has 0 spiro atoms. The van der Waals surface area contributed by atoms with E-state index in [1.165, 1.54) is 0 Å². The van der Waals surface area contributed by atoms with E-state index in [0.717, 1.165) is 16.8 Å². The Bertz CT molecular complexity index is 582. The lowest BCUT2D eigenvalue weighted by atomic mass is 10.2. The lowest BCUT2D eigenvalue weighted by Crippen LogP contribution is -2.02. The van der Waals surface area contributed by atoms with Crippen molar-refractivity contribution in [3.8, 4) is 6.07 Å². The van der Waals surface area contributed by atoms with E-state index < -0.39 is 0 Å². The lowest BCUT2D eigenvalue weighted by Gasteiger charge is -2.11. The van der Waals surface area contributed by atoms with Gasteiger partial charge in [-0.05, 0) is 36.2 Å². The normalized spacial score (nSPS) is 9.83. The molecule has 0 atom stereocenters. The number of para-hydroxylation sites is 1. The summed E-state index contributed by atoms with van der Waals surface area (Å²) in [5.41, 5.74) is 3.44. The van der Waals surface area contributed by atoms with E-state index in [9.17, 15) is 0 Å². The van der Waals surface area contributed by atoms with Crippen molar-refractivity contribution in [2.24, 2.45) is 0 Å². The van der Waals surface area contributed by atoms with Crippen molar-refractivity contribution in [3.63, 3.8) is 0 Å². The molecule has 0 fully saturated rings. The highest BCUT2D eigenvalue weighted by molar-refractivity contribution is 6.33. The summed E-state index contributed by atoms with van der Waals surface area (Å²) in [6.07, 6.45) is 1.63. The molecule has 90 valence electrons. The Morgan fingerprint density at radius 1 is 1.39 bits per heavy atom. The smallest absolute Gasteiger partial charge is 0.140 e. The summed E-state index contributed by atoms with van der Waals surface area (Å²) in [5.74, 6) is 0. The number of halogens is 1. The van der Waals surface area contributed by atoms with E-state index in [1.807, 2.05) is 37.3 Å². The zero-order chi connectivity index (χ0) is 13.0. The maximum atomic E-state index is 8.78. The molecule has 0 aliphatic heterocycles. The lowest BCUT2D eigenvalue weighted by molar-refractivity contribution is 1.11. The maximum Gasteiger partial charge on any atom is 0.140 e. The van der Waals surface area contributed by atoms with Crippen molar-refractivity contribution in [3.05, 3.63) is 58.4 Å². The van der Waals surface area contributed by atoms with Crippen molar-refractivity contribution < 1.29 is 0 Å². The summed E-state index contributed by atoms with van der Waals surface area (Å²) in [4.78, 5) is 3.93. The van der Waals surface area contributed by atoms with Crippen LogP contribution in [0.5, 0.6) is 0 Å². The number of nitriles is 1. The molecule has 1 aromatic heterocycles. The number of nitrogens with one attached hydrogen (secondary N) is 1. The Kier molecular flexibility index (Phi) is 3.81. The average molecular weight is 258 g/mol. The topological polar surface area (TPSA) is 48.7 Å². The molecule has 0 unspecified atom stereocenters. The Morgan fingerprint density at radius 3 is 2.94 bits per heavy atom. The van der Waals surface area contributed by atoms with Gasteiger partial charge in [0.1, 0.15) is 11.8 Å². The van der Waals surface area contributed by atoms with Crippen molar-refractivity contribution in [2.75, 3.05) is 5.32 Å². The van der Waals surface area contributed by atoms with Gasteiger partial charge in [0, 0.05) is 12.7 Å². The van der Waals surface area contributed by atoms with E-state index in [-0.39, 0.29) is 0 Å². The fraction of sp³-hybridized carbons (Fsp3) is 0.143.